The molecule has 90 valence electrons. The molecule has 1 N–H and O–H groups in total. The quantitative estimate of drug-likeness (QED) is 0.668. The molecule has 0 aromatic heterocycles. The number of rotatable bonds is 7. The van der Waals surface area contributed by atoms with Crippen LogP contribution in [0, 0.1) is 5.92 Å². The van der Waals surface area contributed by atoms with Crippen LogP contribution in [0.15, 0.2) is 0 Å². The van der Waals surface area contributed by atoms with Gasteiger partial charge in [0.2, 0.25) is 0 Å². The summed E-state index contributed by atoms with van der Waals surface area (Å²) in [5.74, 6) is 3.55. The van der Waals surface area contributed by atoms with Crippen LogP contribution in [0.25, 0.3) is 0 Å². The van der Waals surface area contributed by atoms with E-state index in [0.717, 1.165) is 5.92 Å². The SMILES string of the molecule is CCSCCC(C)NCC1CCCCC1. The first-order chi connectivity index (χ1) is 7.33. The summed E-state index contributed by atoms with van der Waals surface area (Å²) in [5.41, 5.74) is 0. The van der Waals surface area contributed by atoms with E-state index >= 15 is 0 Å². The zero-order valence-corrected chi connectivity index (χ0v) is 11.2. The summed E-state index contributed by atoms with van der Waals surface area (Å²) in [6, 6.07) is 0.714. The Balaban J connectivity index is 1.97. The van der Waals surface area contributed by atoms with Crippen LogP contribution in [0.1, 0.15) is 52.4 Å². The first-order valence-electron chi connectivity index (χ1n) is 6.64. The molecule has 0 aliphatic heterocycles. The van der Waals surface area contributed by atoms with Crippen molar-refractivity contribution in [2.75, 3.05) is 18.1 Å². The molecule has 1 aliphatic carbocycles. The Kier molecular flexibility index (Phi) is 7.54. The minimum atomic E-state index is 0.714. The lowest BCUT2D eigenvalue weighted by Crippen LogP contribution is -2.32. The van der Waals surface area contributed by atoms with Crippen molar-refractivity contribution >= 4 is 11.8 Å². The molecule has 0 spiro atoms. The molecule has 0 heterocycles. The lowest BCUT2D eigenvalue weighted by Gasteiger charge is -2.24. The van der Waals surface area contributed by atoms with Gasteiger partial charge in [0.15, 0.2) is 0 Å². The molecule has 1 saturated carbocycles. The maximum absolute atomic E-state index is 3.70. The first-order valence-corrected chi connectivity index (χ1v) is 7.79. The fourth-order valence-electron chi connectivity index (χ4n) is 2.27. The highest BCUT2D eigenvalue weighted by molar-refractivity contribution is 7.99. The fraction of sp³-hybridized carbons (Fsp3) is 1.00. The average molecular weight is 229 g/mol. The van der Waals surface area contributed by atoms with E-state index in [0.29, 0.717) is 6.04 Å². The summed E-state index contributed by atoms with van der Waals surface area (Å²) in [4.78, 5) is 0. The Hall–Kier alpha value is 0.310. The summed E-state index contributed by atoms with van der Waals surface area (Å²) in [7, 11) is 0. The van der Waals surface area contributed by atoms with Gasteiger partial charge < -0.3 is 5.32 Å². The van der Waals surface area contributed by atoms with E-state index in [1.807, 2.05) is 0 Å². The third kappa shape index (κ3) is 6.47. The molecular weight excluding hydrogens is 202 g/mol. The molecule has 0 saturated heterocycles. The van der Waals surface area contributed by atoms with Gasteiger partial charge in [-0.05, 0) is 50.2 Å². The molecule has 1 rings (SSSR count). The van der Waals surface area contributed by atoms with Gasteiger partial charge in [0, 0.05) is 6.04 Å². The molecule has 1 nitrogen and oxygen atoms in total. The summed E-state index contributed by atoms with van der Waals surface area (Å²) < 4.78 is 0. The lowest BCUT2D eigenvalue weighted by atomic mass is 9.89. The third-order valence-electron chi connectivity index (χ3n) is 3.38. The van der Waals surface area contributed by atoms with Crippen LogP contribution in [0.4, 0.5) is 0 Å². The van der Waals surface area contributed by atoms with E-state index in [9.17, 15) is 0 Å². The molecule has 15 heavy (non-hydrogen) atoms. The molecule has 2 heteroatoms. The molecule has 0 radical (unpaired) electrons. The van der Waals surface area contributed by atoms with Crippen molar-refractivity contribution in [3.63, 3.8) is 0 Å². The van der Waals surface area contributed by atoms with Gasteiger partial charge in [-0.25, -0.2) is 0 Å². The molecule has 1 atom stereocenters. The van der Waals surface area contributed by atoms with E-state index in [4.69, 9.17) is 0 Å². The van der Waals surface area contributed by atoms with Gasteiger partial charge in [0.25, 0.3) is 0 Å². The molecule has 0 bridgehead atoms. The predicted molar refractivity (Wildman–Crippen MR) is 71.7 cm³/mol. The Bertz CT molecular complexity index is 143. The van der Waals surface area contributed by atoms with Crippen molar-refractivity contribution < 1.29 is 0 Å². The number of hydrogen-bond donors (Lipinski definition) is 1. The van der Waals surface area contributed by atoms with Gasteiger partial charge in [0.1, 0.15) is 0 Å². The molecule has 1 unspecified atom stereocenters. The van der Waals surface area contributed by atoms with Gasteiger partial charge in [0.05, 0.1) is 0 Å². The Morgan fingerprint density at radius 3 is 2.67 bits per heavy atom. The van der Waals surface area contributed by atoms with Crippen molar-refractivity contribution in [2.24, 2.45) is 5.92 Å². The molecule has 0 aromatic rings. The van der Waals surface area contributed by atoms with E-state index < -0.39 is 0 Å². The van der Waals surface area contributed by atoms with Gasteiger partial charge in [-0.1, -0.05) is 26.2 Å². The van der Waals surface area contributed by atoms with Crippen LogP contribution in [0.2, 0.25) is 0 Å². The number of thioether (sulfide) groups is 1. The second-order valence-electron chi connectivity index (χ2n) is 4.80. The van der Waals surface area contributed by atoms with E-state index in [1.165, 1.54) is 56.6 Å². The normalized spacial score (nSPS) is 20.4. The van der Waals surface area contributed by atoms with E-state index in [2.05, 4.69) is 30.9 Å². The Morgan fingerprint density at radius 1 is 1.27 bits per heavy atom. The average Bonchev–Trinajstić information content (AvgIpc) is 2.28. The highest BCUT2D eigenvalue weighted by Crippen LogP contribution is 2.22. The summed E-state index contributed by atoms with van der Waals surface area (Å²) in [6.45, 7) is 5.84. The van der Waals surface area contributed by atoms with Crippen molar-refractivity contribution in [3.8, 4) is 0 Å². The lowest BCUT2D eigenvalue weighted by molar-refractivity contribution is 0.329. The van der Waals surface area contributed by atoms with Gasteiger partial charge in [-0.15, -0.1) is 0 Å². The monoisotopic (exact) mass is 229 g/mol. The number of hydrogen-bond acceptors (Lipinski definition) is 2. The van der Waals surface area contributed by atoms with Gasteiger partial charge in [-0.2, -0.15) is 11.8 Å². The maximum atomic E-state index is 3.70. The number of nitrogens with one attached hydrogen (secondary N) is 1. The minimum absolute atomic E-state index is 0.714. The highest BCUT2D eigenvalue weighted by Gasteiger charge is 2.13. The summed E-state index contributed by atoms with van der Waals surface area (Å²) in [6.07, 6.45) is 8.65. The summed E-state index contributed by atoms with van der Waals surface area (Å²) in [5, 5.41) is 3.70. The van der Waals surface area contributed by atoms with Crippen LogP contribution in [0.3, 0.4) is 0 Å². The van der Waals surface area contributed by atoms with Crippen molar-refractivity contribution in [2.45, 2.75) is 58.4 Å². The van der Waals surface area contributed by atoms with Crippen LogP contribution in [0.5, 0.6) is 0 Å². The topological polar surface area (TPSA) is 12.0 Å². The summed E-state index contributed by atoms with van der Waals surface area (Å²) >= 11 is 2.06. The van der Waals surface area contributed by atoms with E-state index in [-0.39, 0.29) is 0 Å². The molecule has 1 fully saturated rings. The molecule has 0 amide bonds. The molecule has 0 aromatic carbocycles. The largest absolute Gasteiger partial charge is 0.314 e. The second kappa shape index (κ2) is 8.46. The third-order valence-corrected chi connectivity index (χ3v) is 4.31. The van der Waals surface area contributed by atoms with Crippen LogP contribution < -0.4 is 5.32 Å². The first kappa shape index (κ1) is 13.4. The van der Waals surface area contributed by atoms with Crippen LogP contribution >= 0.6 is 11.8 Å². The zero-order chi connectivity index (χ0) is 10.9. The van der Waals surface area contributed by atoms with Crippen molar-refractivity contribution in [1.82, 2.24) is 5.32 Å². The van der Waals surface area contributed by atoms with Gasteiger partial charge >= 0.3 is 0 Å². The van der Waals surface area contributed by atoms with Crippen LogP contribution in [-0.4, -0.2) is 24.1 Å². The zero-order valence-electron chi connectivity index (χ0n) is 10.4. The predicted octanol–water partition coefficient (Wildman–Crippen LogP) is 3.69. The van der Waals surface area contributed by atoms with Crippen molar-refractivity contribution in [3.05, 3.63) is 0 Å². The molecule has 1 aliphatic rings. The maximum Gasteiger partial charge on any atom is 0.00466 e. The van der Waals surface area contributed by atoms with Crippen LogP contribution in [-0.2, 0) is 0 Å². The van der Waals surface area contributed by atoms with Crippen molar-refractivity contribution in [1.29, 1.82) is 0 Å². The fourth-order valence-corrected chi connectivity index (χ4v) is 3.07. The highest BCUT2D eigenvalue weighted by atomic mass is 32.2. The minimum Gasteiger partial charge on any atom is -0.314 e. The standard InChI is InChI=1S/C13H27NS/c1-3-15-10-9-12(2)14-11-13-7-5-4-6-8-13/h12-14H,3-11H2,1-2H3. The van der Waals surface area contributed by atoms with Gasteiger partial charge in [-0.3, -0.25) is 0 Å². The van der Waals surface area contributed by atoms with E-state index in [1.54, 1.807) is 0 Å². The smallest absolute Gasteiger partial charge is 0.00466 e. The Morgan fingerprint density at radius 2 is 2.00 bits per heavy atom. The Labute approximate surface area is 99.8 Å². The second-order valence-corrected chi connectivity index (χ2v) is 6.19. The molecular formula is C13H27NS.